The summed E-state index contributed by atoms with van der Waals surface area (Å²) in [6, 6.07) is 11.2. The van der Waals surface area contributed by atoms with Crippen molar-refractivity contribution in [2.24, 2.45) is 0 Å². The molecule has 0 unspecified atom stereocenters. The second-order valence-electron chi connectivity index (χ2n) is 8.02. The van der Waals surface area contributed by atoms with Gasteiger partial charge in [0.05, 0.1) is 16.6 Å². The van der Waals surface area contributed by atoms with Gasteiger partial charge in [-0.15, -0.1) is 0 Å². The van der Waals surface area contributed by atoms with Gasteiger partial charge in [0, 0.05) is 25.2 Å². The Hall–Kier alpha value is -2.41. The molecule has 28 heavy (non-hydrogen) atoms. The van der Waals surface area contributed by atoms with Gasteiger partial charge in [-0.05, 0) is 63.4 Å². The number of piperidine rings is 1. The maximum Gasteiger partial charge on any atom is 0.226 e. The first-order chi connectivity index (χ1) is 13.2. The molecule has 1 saturated heterocycles. The van der Waals surface area contributed by atoms with E-state index in [-0.39, 0.29) is 10.9 Å². The summed E-state index contributed by atoms with van der Waals surface area (Å²) in [6.07, 6.45) is 4.18. The van der Waals surface area contributed by atoms with Gasteiger partial charge in [-0.1, -0.05) is 12.1 Å². The number of nitrogens with one attached hydrogen (secondary N) is 1. The van der Waals surface area contributed by atoms with E-state index in [9.17, 15) is 13.2 Å². The standard InChI is InChI=1S/C21H27N3O3S/c1-21(2,3)28(26,27)19-12-9-17(15-23-19)22-14-16-7-10-18(11-8-16)24-13-5-4-6-20(24)25/h7-12,15,22H,4-6,13-14H2,1-3H3. The number of carbonyl (C=O) groups is 1. The molecule has 1 aliphatic rings. The lowest BCUT2D eigenvalue weighted by atomic mass is 10.1. The molecule has 1 aliphatic heterocycles. The Kier molecular flexibility index (Phi) is 5.74. The summed E-state index contributed by atoms with van der Waals surface area (Å²) in [5.41, 5.74) is 2.76. The van der Waals surface area contributed by atoms with Gasteiger partial charge in [0.1, 0.15) is 0 Å². The summed E-state index contributed by atoms with van der Waals surface area (Å²) in [4.78, 5) is 18.0. The van der Waals surface area contributed by atoms with E-state index in [2.05, 4.69) is 10.3 Å². The first-order valence-electron chi connectivity index (χ1n) is 9.52. The Labute approximate surface area is 166 Å². The van der Waals surface area contributed by atoms with Crippen molar-refractivity contribution in [1.82, 2.24) is 4.98 Å². The molecule has 150 valence electrons. The lowest BCUT2D eigenvalue weighted by Gasteiger charge is -2.26. The second kappa shape index (κ2) is 7.91. The molecule has 1 aromatic heterocycles. The number of pyridine rings is 1. The van der Waals surface area contributed by atoms with E-state index in [4.69, 9.17) is 0 Å². The molecule has 0 saturated carbocycles. The topological polar surface area (TPSA) is 79.4 Å². The third-order valence-corrected chi connectivity index (χ3v) is 7.29. The normalized spacial score (nSPS) is 15.5. The predicted molar refractivity (Wildman–Crippen MR) is 111 cm³/mol. The summed E-state index contributed by atoms with van der Waals surface area (Å²) in [5, 5.41) is 3.33. The van der Waals surface area contributed by atoms with Gasteiger partial charge in [-0.3, -0.25) is 4.79 Å². The zero-order valence-corrected chi connectivity index (χ0v) is 17.4. The largest absolute Gasteiger partial charge is 0.380 e. The van der Waals surface area contributed by atoms with Gasteiger partial charge in [-0.25, -0.2) is 13.4 Å². The summed E-state index contributed by atoms with van der Waals surface area (Å²) >= 11 is 0. The Bertz CT molecular complexity index is 930. The molecule has 1 amide bonds. The lowest BCUT2D eigenvalue weighted by Crippen LogP contribution is -2.35. The molecule has 0 atom stereocenters. The highest BCUT2D eigenvalue weighted by Gasteiger charge is 2.31. The average molecular weight is 402 g/mol. The molecule has 2 aromatic rings. The minimum Gasteiger partial charge on any atom is -0.380 e. The van der Waals surface area contributed by atoms with Crippen LogP contribution < -0.4 is 10.2 Å². The lowest BCUT2D eigenvalue weighted by molar-refractivity contribution is -0.119. The van der Waals surface area contributed by atoms with Crippen molar-refractivity contribution < 1.29 is 13.2 Å². The van der Waals surface area contributed by atoms with Crippen molar-refractivity contribution in [3.05, 3.63) is 48.2 Å². The van der Waals surface area contributed by atoms with E-state index < -0.39 is 14.6 Å². The van der Waals surface area contributed by atoms with Crippen LogP contribution >= 0.6 is 0 Å². The molecule has 0 bridgehead atoms. The summed E-state index contributed by atoms with van der Waals surface area (Å²) < 4.78 is 24.0. The first kappa shape index (κ1) is 20.3. The van der Waals surface area contributed by atoms with E-state index >= 15 is 0 Å². The number of nitrogens with zero attached hydrogens (tertiary/aromatic N) is 2. The number of hydrogen-bond donors (Lipinski definition) is 1. The average Bonchev–Trinajstić information content (AvgIpc) is 2.67. The Morgan fingerprint density at radius 3 is 2.36 bits per heavy atom. The minimum atomic E-state index is -3.45. The van der Waals surface area contributed by atoms with Gasteiger partial charge < -0.3 is 10.2 Å². The molecule has 7 heteroatoms. The number of rotatable bonds is 5. The zero-order chi connectivity index (χ0) is 20.4. The fraction of sp³-hybridized carbons (Fsp3) is 0.429. The zero-order valence-electron chi connectivity index (χ0n) is 16.6. The maximum atomic E-state index is 12.4. The summed E-state index contributed by atoms with van der Waals surface area (Å²) in [6.45, 7) is 6.36. The van der Waals surface area contributed by atoms with Crippen LogP contribution in [0, 0.1) is 0 Å². The quantitative estimate of drug-likeness (QED) is 0.825. The van der Waals surface area contributed by atoms with Gasteiger partial charge in [-0.2, -0.15) is 0 Å². The molecule has 0 radical (unpaired) electrons. The third-order valence-electron chi connectivity index (χ3n) is 4.89. The minimum absolute atomic E-state index is 0.0844. The van der Waals surface area contributed by atoms with E-state index in [1.807, 2.05) is 29.2 Å². The van der Waals surface area contributed by atoms with Crippen molar-refractivity contribution in [3.8, 4) is 0 Å². The van der Waals surface area contributed by atoms with Crippen LogP contribution in [0.1, 0.15) is 45.6 Å². The maximum absolute atomic E-state index is 12.4. The fourth-order valence-corrected chi connectivity index (χ4v) is 4.10. The van der Waals surface area contributed by atoms with E-state index in [1.54, 1.807) is 33.0 Å². The molecule has 0 spiro atoms. The second-order valence-corrected chi connectivity index (χ2v) is 10.7. The number of aromatic nitrogens is 1. The Morgan fingerprint density at radius 2 is 1.79 bits per heavy atom. The highest BCUT2D eigenvalue weighted by atomic mass is 32.2. The number of sulfone groups is 1. The van der Waals surface area contributed by atoms with E-state index in [0.29, 0.717) is 13.0 Å². The highest BCUT2D eigenvalue weighted by Crippen LogP contribution is 2.24. The van der Waals surface area contributed by atoms with E-state index in [1.165, 1.54) is 6.07 Å². The van der Waals surface area contributed by atoms with Crippen molar-refractivity contribution in [3.63, 3.8) is 0 Å². The van der Waals surface area contributed by atoms with Crippen LogP contribution in [-0.4, -0.2) is 30.6 Å². The van der Waals surface area contributed by atoms with Gasteiger partial charge >= 0.3 is 0 Å². The Balaban J connectivity index is 1.62. The number of anilines is 2. The number of carbonyl (C=O) groups excluding carboxylic acids is 1. The SMILES string of the molecule is CC(C)(C)S(=O)(=O)c1ccc(NCc2ccc(N3CCCCC3=O)cc2)cn1. The van der Waals surface area contributed by atoms with Crippen LogP contribution in [0.15, 0.2) is 47.6 Å². The van der Waals surface area contributed by atoms with Crippen molar-refractivity contribution in [1.29, 1.82) is 0 Å². The molecular weight excluding hydrogens is 374 g/mol. The van der Waals surface area contributed by atoms with Crippen LogP contribution in [0.2, 0.25) is 0 Å². The number of hydrogen-bond acceptors (Lipinski definition) is 5. The monoisotopic (exact) mass is 401 g/mol. The first-order valence-corrected chi connectivity index (χ1v) is 11.0. The van der Waals surface area contributed by atoms with Crippen LogP contribution in [0.5, 0.6) is 0 Å². The molecule has 3 rings (SSSR count). The Morgan fingerprint density at radius 1 is 1.07 bits per heavy atom. The molecule has 0 aliphatic carbocycles. The molecule has 1 N–H and O–H groups in total. The molecular formula is C21H27N3O3S. The van der Waals surface area contributed by atoms with Crippen LogP contribution in [0.25, 0.3) is 0 Å². The van der Waals surface area contributed by atoms with Crippen molar-refractivity contribution in [2.75, 3.05) is 16.8 Å². The van der Waals surface area contributed by atoms with Gasteiger partial charge in [0.15, 0.2) is 14.9 Å². The molecule has 2 heterocycles. The van der Waals surface area contributed by atoms with Gasteiger partial charge in [0.25, 0.3) is 0 Å². The highest BCUT2D eigenvalue weighted by molar-refractivity contribution is 7.92. The molecule has 1 aromatic carbocycles. The predicted octanol–water partition coefficient (Wildman–Crippen LogP) is 3.78. The smallest absolute Gasteiger partial charge is 0.226 e. The van der Waals surface area contributed by atoms with Crippen LogP contribution in [0.4, 0.5) is 11.4 Å². The van der Waals surface area contributed by atoms with Crippen molar-refractivity contribution >= 4 is 27.1 Å². The van der Waals surface area contributed by atoms with Gasteiger partial charge in [0.2, 0.25) is 5.91 Å². The van der Waals surface area contributed by atoms with E-state index in [0.717, 1.165) is 36.3 Å². The fourth-order valence-electron chi connectivity index (χ4n) is 3.03. The number of amides is 1. The summed E-state index contributed by atoms with van der Waals surface area (Å²) in [7, 11) is -3.45. The summed E-state index contributed by atoms with van der Waals surface area (Å²) in [5.74, 6) is 0.188. The van der Waals surface area contributed by atoms with Crippen LogP contribution in [-0.2, 0) is 21.2 Å². The van der Waals surface area contributed by atoms with Crippen LogP contribution in [0.3, 0.4) is 0 Å². The number of benzene rings is 1. The third kappa shape index (κ3) is 4.35. The molecule has 6 nitrogen and oxygen atoms in total. The van der Waals surface area contributed by atoms with Crippen molar-refractivity contribution in [2.45, 2.75) is 56.4 Å². The molecule has 1 fully saturated rings.